The minimum Gasteiger partial charge on any atom is -0.332 e. The molecule has 1 aliphatic rings. The summed E-state index contributed by atoms with van der Waals surface area (Å²) in [5, 5.41) is 3.22. The van der Waals surface area contributed by atoms with E-state index in [2.05, 4.69) is 10.3 Å². The fraction of sp³-hybridized carbons (Fsp3) is 0.625. The van der Waals surface area contributed by atoms with Crippen LogP contribution in [0.5, 0.6) is 0 Å². The van der Waals surface area contributed by atoms with E-state index in [1.807, 2.05) is 32.9 Å². The lowest BCUT2D eigenvalue weighted by atomic mass is 9.96. The second-order valence-electron chi connectivity index (χ2n) is 6.31. The molecule has 1 saturated heterocycles. The Hall–Kier alpha value is -1.63. The summed E-state index contributed by atoms with van der Waals surface area (Å²) in [5.74, 6) is -0.324. The van der Waals surface area contributed by atoms with E-state index in [1.54, 1.807) is 6.20 Å². The third-order valence-electron chi connectivity index (χ3n) is 4.06. The van der Waals surface area contributed by atoms with Gasteiger partial charge < -0.3 is 4.90 Å². The van der Waals surface area contributed by atoms with E-state index in [-0.39, 0.29) is 18.5 Å². The summed E-state index contributed by atoms with van der Waals surface area (Å²) in [6, 6.07) is 3.01. The Kier molecular flexibility index (Phi) is 5.29. The van der Waals surface area contributed by atoms with Crippen molar-refractivity contribution in [2.75, 3.05) is 13.1 Å². The zero-order valence-electron chi connectivity index (χ0n) is 13.5. The molecule has 128 valence electrons. The number of halogens is 3. The van der Waals surface area contributed by atoms with Crippen LogP contribution >= 0.6 is 0 Å². The van der Waals surface area contributed by atoms with Gasteiger partial charge in [-0.15, -0.1) is 0 Å². The summed E-state index contributed by atoms with van der Waals surface area (Å²) in [7, 11) is 0. The van der Waals surface area contributed by atoms with Crippen molar-refractivity contribution in [3.8, 4) is 0 Å². The molecule has 2 heterocycles. The molecule has 0 unspecified atom stereocenters. The molecular formula is C16H22F3N3O. The minimum absolute atomic E-state index is 0.127. The number of hydrogen-bond acceptors (Lipinski definition) is 3. The predicted molar refractivity (Wildman–Crippen MR) is 80.7 cm³/mol. The molecule has 1 N–H and O–H groups in total. The average molecular weight is 329 g/mol. The highest BCUT2D eigenvalue weighted by Gasteiger charge is 2.40. The van der Waals surface area contributed by atoms with Crippen LogP contribution in [-0.2, 0) is 4.79 Å². The van der Waals surface area contributed by atoms with Gasteiger partial charge in [0.25, 0.3) is 0 Å². The molecule has 1 fully saturated rings. The Morgan fingerprint density at radius 3 is 2.70 bits per heavy atom. The number of carbonyl (C=O) groups excluding carboxylic acids is 1. The molecule has 23 heavy (non-hydrogen) atoms. The first-order valence-electron chi connectivity index (χ1n) is 7.72. The monoisotopic (exact) mass is 329 g/mol. The molecular weight excluding hydrogens is 307 g/mol. The van der Waals surface area contributed by atoms with E-state index in [0.717, 1.165) is 16.2 Å². The summed E-state index contributed by atoms with van der Waals surface area (Å²) in [6.07, 6.45) is -2.30. The van der Waals surface area contributed by atoms with Gasteiger partial charge in [-0.3, -0.25) is 15.1 Å². The molecule has 2 rings (SSSR count). The van der Waals surface area contributed by atoms with Gasteiger partial charge in [-0.25, -0.2) is 0 Å². The van der Waals surface area contributed by atoms with Gasteiger partial charge in [0, 0.05) is 12.7 Å². The summed E-state index contributed by atoms with van der Waals surface area (Å²) in [5.41, 5.74) is 1.83. The molecule has 0 bridgehead atoms. The number of rotatable bonds is 5. The van der Waals surface area contributed by atoms with E-state index in [0.29, 0.717) is 6.42 Å². The largest absolute Gasteiger partial charge is 0.406 e. The Morgan fingerprint density at radius 2 is 2.13 bits per heavy atom. The first-order valence-corrected chi connectivity index (χ1v) is 7.72. The van der Waals surface area contributed by atoms with Crippen LogP contribution in [0.25, 0.3) is 0 Å². The lowest BCUT2D eigenvalue weighted by Crippen LogP contribution is -2.44. The maximum Gasteiger partial charge on any atom is 0.406 e. The van der Waals surface area contributed by atoms with E-state index < -0.39 is 24.7 Å². The highest BCUT2D eigenvalue weighted by molar-refractivity contribution is 5.84. The molecule has 4 nitrogen and oxygen atoms in total. The van der Waals surface area contributed by atoms with Crippen LogP contribution in [-0.4, -0.2) is 41.1 Å². The van der Waals surface area contributed by atoms with Gasteiger partial charge in [0.1, 0.15) is 6.54 Å². The van der Waals surface area contributed by atoms with Crippen molar-refractivity contribution >= 4 is 5.91 Å². The van der Waals surface area contributed by atoms with Crippen molar-refractivity contribution in [1.29, 1.82) is 0 Å². The summed E-state index contributed by atoms with van der Waals surface area (Å²) in [4.78, 5) is 17.5. The van der Waals surface area contributed by atoms with Crippen molar-refractivity contribution in [3.05, 3.63) is 29.6 Å². The van der Waals surface area contributed by atoms with Gasteiger partial charge in [-0.2, -0.15) is 13.2 Å². The standard InChI is InChI=1S/C16H22F3N3O/c1-10(2)13(14-11(3)5-4-7-20-14)21-12-6-8-22(15(12)23)9-16(17,18)19/h4-5,7,10,12-13,21H,6,8-9H2,1-3H3/t12-,13-/m1/s1. The van der Waals surface area contributed by atoms with Crippen LogP contribution in [0.1, 0.15) is 37.6 Å². The summed E-state index contributed by atoms with van der Waals surface area (Å²) < 4.78 is 37.5. The molecule has 2 atom stereocenters. The van der Waals surface area contributed by atoms with Crippen LogP contribution < -0.4 is 5.32 Å². The number of alkyl halides is 3. The van der Waals surface area contributed by atoms with Gasteiger partial charge in [-0.05, 0) is 30.9 Å². The lowest BCUT2D eigenvalue weighted by molar-refractivity contribution is -0.158. The molecule has 0 spiro atoms. The van der Waals surface area contributed by atoms with Crippen LogP contribution in [0.15, 0.2) is 18.3 Å². The number of nitrogens with one attached hydrogen (secondary N) is 1. The van der Waals surface area contributed by atoms with Gasteiger partial charge in [0.05, 0.1) is 17.8 Å². The number of likely N-dealkylation sites (tertiary alicyclic amines) is 1. The fourth-order valence-corrected chi connectivity index (χ4v) is 2.89. The van der Waals surface area contributed by atoms with Crippen molar-refractivity contribution in [3.63, 3.8) is 0 Å². The van der Waals surface area contributed by atoms with Crippen molar-refractivity contribution in [2.24, 2.45) is 5.92 Å². The number of aromatic nitrogens is 1. The third kappa shape index (κ3) is 4.43. The molecule has 0 aliphatic carbocycles. The lowest BCUT2D eigenvalue weighted by Gasteiger charge is -2.26. The fourth-order valence-electron chi connectivity index (χ4n) is 2.89. The van der Waals surface area contributed by atoms with Crippen LogP contribution in [0.2, 0.25) is 0 Å². The Balaban J connectivity index is 2.10. The number of hydrogen-bond donors (Lipinski definition) is 1. The van der Waals surface area contributed by atoms with Gasteiger partial charge in [0.2, 0.25) is 5.91 Å². The molecule has 0 radical (unpaired) electrons. The second kappa shape index (κ2) is 6.86. The maximum atomic E-state index is 12.5. The number of amides is 1. The van der Waals surface area contributed by atoms with Crippen molar-refractivity contribution in [2.45, 2.75) is 45.5 Å². The smallest absolute Gasteiger partial charge is 0.332 e. The van der Waals surface area contributed by atoms with E-state index >= 15 is 0 Å². The normalized spacial score (nSPS) is 20.4. The zero-order valence-corrected chi connectivity index (χ0v) is 13.5. The highest BCUT2D eigenvalue weighted by Crippen LogP contribution is 2.26. The Labute approximate surface area is 134 Å². The van der Waals surface area contributed by atoms with E-state index in [1.165, 1.54) is 0 Å². The van der Waals surface area contributed by atoms with Crippen LogP contribution in [0.4, 0.5) is 13.2 Å². The molecule has 1 aromatic rings. The quantitative estimate of drug-likeness (QED) is 0.903. The molecule has 1 aliphatic heterocycles. The topological polar surface area (TPSA) is 45.2 Å². The minimum atomic E-state index is -4.36. The van der Waals surface area contributed by atoms with Gasteiger partial charge in [0.15, 0.2) is 0 Å². The molecule has 0 saturated carbocycles. The number of nitrogens with zero attached hydrogens (tertiary/aromatic N) is 2. The number of aryl methyl sites for hydroxylation is 1. The molecule has 7 heteroatoms. The molecule has 0 aromatic carbocycles. The highest BCUT2D eigenvalue weighted by atomic mass is 19.4. The first-order chi connectivity index (χ1) is 10.7. The van der Waals surface area contributed by atoms with Gasteiger partial charge >= 0.3 is 6.18 Å². The maximum absolute atomic E-state index is 12.5. The van der Waals surface area contributed by atoms with Crippen molar-refractivity contribution < 1.29 is 18.0 Å². The molecule has 1 amide bonds. The average Bonchev–Trinajstić information content (AvgIpc) is 2.76. The van der Waals surface area contributed by atoms with Crippen LogP contribution in [0, 0.1) is 12.8 Å². The number of carbonyl (C=O) groups is 1. The van der Waals surface area contributed by atoms with E-state index in [9.17, 15) is 18.0 Å². The second-order valence-corrected chi connectivity index (χ2v) is 6.31. The zero-order chi connectivity index (χ0) is 17.2. The van der Waals surface area contributed by atoms with Gasteiger partial charge in [-0.1, -0.05) is 19.9 Å². The Morgan fingerprint density at radius 1 is 1.43 bits per heavy atom. The van der Waals surface area contributed by atoms with Crippen molar-refractivity contribution in [1.82, 2.24) is 15.2 Å². The SMILES string of the molecule is Cc1cccnc1[C@H](N[C@@H]1CCN(CC(F)(F)F)C1=O)C(C)C. The summed E-state index contributed by atoms with van der Waals surface area (Å²) >= 11 is 0. The summed E-state index contributed by atoms with van der Waals surface area (Å²) in [6.45, 7) is 4.88. The predicted octanol–water partition coefficient (Wildman–Crippen LogP) is 2.84. The first kappa shape index (κ1) is 17.7. The molecule has 1 aromatic heterocycles. The van der Waals surface area contributed by atoms with Crippen LogP contribution in [0.3, 0.4) is 0 Å². The number of pyridine rings is 1. The third-order valence-corrected chi connectivity index (χ3v) is 4.06. The Bertz CT molecular complexity index is 560. The van der Waals surface area contributed by atoms with E-state index in [4.69, 9.17) is 0 Å².